The molecule has 2 aromatic rings. The van der Waals surface area contributed by atoms with E-state index in [0.29, 0.717) is 37.5 Å². The summed E-state index contributed by atoms with van der Waals surface area (Å²) in [5.74, 6) is -0.0253. The molecule has 1 saturated heterocycles. The minimum absolute atomic E-state index is 0.00538. The minimum Gasteiger partial charge on any atom is -0.352 e. The Morgan fingerprint density at radius 2 is 1.88 bits per heavy atom. The number of rotatable bonds is 6. The van der Waals surface area contributed by atoms with E-state index < -0.39 is 0 Å². The number of hydrogen-bond donors (Lipinski definition) is 1. The van der Waals surface area contributed by atoms with Crippen LogP contribution in [-0.4, -0.2) is 34.8 Å². The maximum Gasteiger partial charge on any atom is 0.225 e. The Morgan fingerprint density at radius 3 is 2.62 bits per heavy atom. The van der Waals surface area contributed by atoms with Crippen LogP contribution in [0.15, 0.2) is 48.8 Å². The van der Waals surface area contributed by atoms with E-state index >= 15 is 0 Å². The van der Waals surface area contributed by atoms with E-state index in [0.717, 1.165) is 17.5 Å². The maximum absolute atomic E-state index is 12.5. The highest BCUT2D eigenvalue weighted by atomic mass is 35.5. The summed E-state index contributed by atoms with van der Waals surface area (Å²) in [6, 6.07) is 11.4. The van der Waals surface area contributed by atoms with Crippen molar-refractivity contribution in [2.24, 2.45) is 5.92 Å². The molecule has 1 atom stereocenters. The predicted octanol–water partition coefficient (Wildman–Crippen LogP) is 2.83. The smallest absolute Gasteiger partial charge is 0.225 e. The van der Waals surface area contributed by atoms with Gasteiger partial charge in [-0.3, -0.25) is 14.6 Å². The molecule has 1 aliphatic heterocycles. The zero-order chi connectivity index (χ0) is 18.4. The minimum atomic E-state index is -0.153. The molecule has 1 aromatic heterocycles. The molecule has 136 valence electrons. The van der Waals surface area contributed by atoms with Crippen molar-refractivity contribution >= 4 is 23.4 Å². The Hall–Kier alpha value is -2.40. The lowest BCUT2D eigenvalue weighted by molar-refractivity contribution is -0.138. The summed E-state index contributed by atoms with van der Waals surface area (Å²) in [6.07, 6.45) is 5.21. The van der Waals surface area contributed by atoms with Gasteiger partial charge in [-0.25, -0.2) is 0 Å². The topological polar surface area (TPSA) is 62.3 Å². The molecule has 1 N–H and O–H groups in total. The van der Waals surface area contributed by atoms with Gasteiger partial charge in [-0.1, -0.05) is 23.7 Å². The van der Waals surface area contributed by atoms with Crippen molar-refractivity contribution in [2.75, 3.05) is 13.1 Å². The molecule has 0 aliphatic carbocycles. The van der Waals surface area contributed by atoms with Gasteiger partial charge in [-0.2, -0.15) is 0 Å². The van der Waals surface area contributed by atoms with Crippen molar-refractivity contribution < 1.29 is 9.59 Å². The summed E-state index contributed by atoms with van der Waals surface area (Å²) in [7, 11) is 0. The van der Waals surface area contributed by atoms with Gasteiger partial charge in [-0.05, 0) is 48.2 Å². The molecule has 0 spiro atoms. The Bertz CT molecular complexity index is 749. The number of carbonyl (C=O) groups excluding carboxylic acids is 2. The second-order valence-electron chi connectivity index (χ2n) is 6.53. The lowest BCUT2D eigenvalue weighted by atomic mass is 9.96. The molecule has 1 aliphatic rings. The average Bonchev–Trinajstić information content (AvgIpc) is 2.67. The first-order valence-electron chi connectivity index (χ1n) is 8.80. The molecular formula is C20H22ClN3O2. The van der Waals surface area contributed by atoms with Crippen molar-refractivity contribution in [3.8, 4) is 0 Å². The largest absolute Gasteiger partial charge is 0.352 e. The fourth-order valence-corrected chi connectivity index (χ4v) is 3.22. The lowest BCUT2D eigenvalue weighted by Crippen LogP contribution is -2.46. The SMILES string of the molecule is O=C(NCc1ccncc1)[C@H]1CCC(=O)N(CCc2ccc(Cl)cc2)C1. The van der Waals surface area contributed by atoms with E-state index in [1.807, 2.05) is 36.4 Å². The highest BCUT2D eigenvalue weighted by Crippen LogP contribution is 2.19. The number of pyridine rings is 1. The van der Waals surface area contributed by atoms with Crippen molar-refractivity contribution in [2.45, 2.75) is 25.8 Å². The van der Waals surface area contributed by atoms with Crippen molar-refractivity contribution in [3.63, 3.8) is 0 Å². The fourth-order valence-electron chi connectivity index (χ4n) is 3.09. The van der Waals surface area contributed by atoms with Crippen LogP contribution in [0.25, 0.3) is 0 Å². The van der Waals surface area contributed by atoms with Crippen LogP contribution in [0.4, 0.5) is 0 Å². The third kappa shape index (κ3) is 5.05. The standard InChI is InChI=1S/C20H22ClN3O2/c21-18-4-1-15(2-5-18)9-12-24-14-17(3-6-19(24)25)20(26)23-13-16-7-10-22-11-8-16/h1-2,4-5,7-8,10-11,17H,3,6,9,12-14H2,(H,23,26)/t17-/m0/s1. The van der Waals surface area contributed by atoms with Gasteiger partial charge in [0.1, 0.15) is 0 Å². The third-order valence-corrected chi connectivity index (χ3v) is 4.92. The van der Waals surface area contributed by atoms with Crippen molar-refractivity contribution in [1.82, 2.24) is 15.2 Å². The van der Waals surface area contributed by atoms with Crippen LogP contribution < -0.4 is 5.32 Å². The molecule has 0 radical (unpaired) electrons. The van der Waals surface area contributed by atoms with Crippen LogP contribution >= 0.6 is 11.6 Å². The number of carbonyl (C=O) groups is 2. The summed E-state index contributed by atoms with van der Waals surface area (Å²) in [5, 5.41) is 3.67. The van der Waals surface area contributed by atoms with Gasteiger partial charge in [0.25, 0.3) is 0 Å². The Labute approximate surface area is 158 Å². The number of likely N-dealkylation sites (tertiary alicyclic amines) is 1. The van der Waals surface area contributed by atoms with Crippen molar-refractivity contribution in [3.05, 3.63) is 64.9 Å². The second kappa shape index (κ2) is 8.81. The Kier molecular flexibility index (Phi) is 6.23. The van der Waals surface area contributed by atoms with Crippen LogP contribution in [0.5, 0.6) is 0 Å². The summed E-state index contributed by atoms with van der Waals surface area (Å²) in [5.41, 5.74) is 2.14. The zero-order valence-corrected chi connectivity index (χ0v) is 15.3. The lowest BCUT2D eigenvalue weighted by Gasteiger charge is -2.32. The number of nitrogens with zero attached hydrogens (tertiary/aromatic N) is 2. The van der Waals surface area contributed by atoms with Crippen LogP contribution in [0, 0.1) is 5.92 Å². The molecular weight excluding hydrogens is 350 g/mol. The predicted molar refractivity (Wildman–Crippen MR) is 101 cm³/mol. The Balaban J connectivity index is 1.51. The van der Waals surface area contributed by atoms with E-state index in [4.69, 9.17) is 11.6 Å². The number of nitrogens with one attached hydrogen (secondary N) is 1. The third-order valence-electron chi connectivity index (χ3n) is 4.67. The van der Waals surface area contributed by atoms with Crippen molar-refractivity contribution in [1.29, 1.82) is 0 Å². The molecule has 5 nitrogen and oxygen atoms in total. The first-order valence-corrected chi connectivity index (χ1v) is 9.18. The van der Waals surface area contributed by atoms with Gasteiger partial charge in [0.05, 0.1) is 5.92 Å². The van der Waals surface area contributed by atoms with Crippen LogP contribution in [0.2, 0.25) is 5.02 Å². The number of benzene rings is 1. The summed E-state index contributed by atoms with van der Waals surface area (Å²) >= 11 is 5.90. The highest BCUT2D eigenvalue weighted by molar-refractivity contribution is 6.30. The normalized spacial score (nSPS) is 17.2. The van der Waals surface area contributed by atoms with E-state index in [1.165, 1.54) is 0 Å². The summed E-state index contributed by atoms with van der Waals surface area (Å²) < 4.78 is 0. The van der Waals surface area contributed by atoms with Gasteiger partial charge in [0.15, 0.2) is 0 Å². The summed E-state index contributed by atoms with van der Waals surface area (Å²) in [6.45, 7) is 1.58. The molecule has 3 rings (SSSR count). The molecule has 26 heavy (non-hydrogen) atoms. The molecule has 0 bridgehead atoms. The fraction of sp³-hybridized carbons (Fsp3) is 0.350. The summed E-state index contributed by atoms with van der Waals surface area (Å²) in [4.78, 5) is 30.4. The van der Waals surface area contributed by atoms with Crippen LogP contribution in [0.1, 0.15) is 24.0 Å². The number of amides is 2. The monoisotopic (exact) mass is 371 g/mol. The van der Waals surface area contributed by atoms with Gasteiger partial charge >= 0.3 is 0 Å². The molecule has 1 aromatic carbocycles. The molecule has 2 amide bonds. The molecule has 0 saturated carbocycles. The maximum atomic E-state index is 12.5. The molecule has 0 unspecified atom stereocenters. The van der Waals surface area contributed by atoms with Crippen LogP contribution in [0.3, 0.4) is 0 Å². The number of aromatic nitrogens is 1. The van der Waals surface area contributed by atoms with E-state index in [2.05, 4.69) is 10.3 Å². The van der Waals surface area contributed by atoms with Gasteiger partial charge in [0.2, 0.25) is 11.8 Å². The molecule has 2 heterocycles. The van der Waals surface area contributed by atoms with Gasteiger partial charge in [-0.15, -0.1) is 0 Å². The first-order chi connectivity index (χ1) is 12.6. The molecule has 6 heteroatoms. The highest BCUT2D eigenvalue weighted by Gasteiger charge is 2.29. The van der Waals surface area contributed by atoms with Gasteiger partial charge < -0.3 is 10.2 Å². The number of halogens is 1. The zero-order valence-electron chi connectivity index (χ0n) is 14.5. The number of piperidine rings is 1. The second-order valence-corrected chi connectivity index (χ2v) is 6.96. The van der Waals surface area contributed by atoms with Gasteiger partial charge in [0, 0.05) is 43.5 Å². The van der Waals surface area contributed by atoms with E-state index in [9.17, 15) is 9.59 Å². The van der Waals surface area contributed by atoms with E-state index in [-0.39, 0.29) is 17.7 Å². The Morgan fingerprint density at radius 1 is 1.15 bits per heavy atom. The first kappa shape index (κ1) is 18.4. The average molecular weight is 372 g/mol. The molecule has 1 fully saturated rings. The number of hydrogen-bond acceptors (Lipinski definition) is 3. The van der Waals surface area contributed by atoms with Crippen LogP contribution in [-0.2, 0) is 22.6 Å². The quantitative estimate of drug-likeness (QED) is 0.849. The van der Waals surface area contributed by atoms with E-state index in [1.54, 1.807) is 17.3 Å².